The Morgan fingerprint density at radius 3 is 2.80 bits per heavy atom. The molecule has 20 heavy (non-hydrogen) atoms. The first-order chi connectivity index (χ1) is 9.47. The van der Waals surface area contributed by atoms with Crippen molar-refractivity contribution in [3.05, 3.63) is 67.3 Å². The highest BCUT2D eigenvalue weighted by atomic mass is 79.9. The normalized spacial score (nSPS) is 10.2. The van der Waals surface area contributed by atoms with Gasteiger partial charge in [-0.1, -0.05) is 15.9 Å². The molecule has 8 heteroatoms. The van der Waals surface area contributed by atoms with Gasteiger partial charge in [0.2, 0.25) is 0 Å². The smallest absolute Gasteiger partial charge is 0.292 e. The molecule has 1 heterocycles. The van der Waals surface area contributed by atoms with Crippen molar-refractivity contribution in [2.24, 2.45) is 0 Å². The average Bonchev–Trinajstić information content (AvgIpc) is 2.40. The SMILES string of the molecule is O=C(Cn1cccnc1=O)c1cc(Br)cc([N+](=O)[O-])c1. The van der Waals surface area contributed by atoms with Gasteiger partial charge in [-0.25, -0.2) is 9.78 Å². The number of nitrogens with zero attached hydrogens (tertiary/aromatic N) is 3. The van der Waals surface area contributed by atoms with E-state index in [1.54, 1.807) is 0 Å². The molecule has 7 nitrogen and oxygen atoms in total. The summed E-state index contributed by atoms with van der Waals surface area (Å²) in [6.45, 7) is -0.222. The number of nitro groups is 1. The van der Waals surface area contributed by atoms with Crippen molar-refractivity contribution in [3.8, 4) is 0 Å². The van der Waals surface area contributed by atoms with Gasteiger partial charge in [0.05, 0.1) is 11.5 Å². The number of nitro benzene ring substituents is 1. The van der Waals surface area contributed by atoms with E-state index in [1.165, 1.54) is 36.7 Å². The van der Waals surface area contributed by atoms with Gasteiger partial charge in [-0.05, 0) is 12.1 Å². The second-order valence-electron chi connectivity index (χ2n) is 3.91. The highest BCUT2D eigenvalue weighted by Crippen LogP contribution is 2.21. The van der Waals surface area contributed by atoms with Gasteiger partial charge in [0, 0.05) is 34.6 Å². The molecule has 0 aliphatic rings. The standard InChI is InChI=1S/C12H8BrN3O4/c13-9-4-8(5-10(6-9)16(19)20)11(17)7-15-3-1-2-14-12(15)18/h1-6H,7H2. The van der Waals surface area contributed by atoms with Gasteiger partial charge in [-0.3, -0.25) is 19.5 Å². The number of rotatable bonds is 4. The second kappa shape index (κ2) is 5.74. The summed E-state index contributed by atoms with van der Waals surface area (Å²) in [7, 11) is 0. The van der Waals surface area contributed by atoms with Crippen LogP contribution in [0.25, 0.3) is 0 Å². The molecule has 0 aliphatic carbocycles. The minimum atomic E-state index is -0.586. The van der Waals surface area contributed by atoms with Gasteiger partial charge >= 0.3 is 5.69 Å². The molecule has 2 aromatic rings. The Balaban J connectivity index is 2.32. The van der Waals surface area contributed by atoms with Gasteiger partial charge in [0.25, 0.3) is 5.69 Å². The number of hydrogen-bond acceptors (Lipinski definition) is 5. The fourth-order valence-corrected chi connectivity index (χ4v) is 2.08. The molecular weight excluding hydrogens is 330 g/mol. The summed E-state index contributed by atoms with van der Waals surface area (Å²) < 4.78 is 1.56. The summed E-state index contributed by atoms with van der Waals surface area (Å²) in [5.74, 6) is -0.412. The van der Waals surface area contributed by atoms with Crippen LogP contribution in [-0.4, -0.2) is 20.3 Å². The topological polar surface area (TPSA) is 95.1 Å². The third kappa shape index (κ3) is 3.15. The van der Waals surface area contributed by atoms with Crippen LogP contribution in [0.1, 0.15) is 10.4 Å². The minimum Gasteiger partial charge on any atom is -0.292 e. The van der Waals surface area contributed by atoms with Crippen molar-refractivity contribution in [2.75, 3.05) is 0 Å². The van der Waals surface area contributed by atoms with Crippen LogP contribution in [-0.2, 0) is 6.54 Å². The van der Waals surface area contributed by atoms with E-state index in [-0.39, 0.29) is 17.8 Å². The second-order valence-corrected chi connectivity index (χ2v) is 4.82. The summed E-state index contributed by atoms with van der Waals surface area (Å²) in [6, 6.07) is 5.47. The molecular formula is C12H8BrN3O4. The summed E-state index contributed by atoms with van der Waals surface area (Å²) in [6.07, 6.45) is 2.76. The average molecular weight is 338 g/mol. The van der Waals surface area contributed by atoms with Crippen LogP contribution in [0.15, 0.2) is 45.9 Å². The predicted octanol–water partition coefficient (Wildman–Crippen LogP) is 1.80. The fourth-order valence-electron chi connectivity index (χ4n) is 1.59. The molecule has 2 rings (SSSR count). The van der Waals surface area contributed by atoms with E-state index < -0.39 is 16.4 Å². The number of halogens is 1. The Morgan fingerprint density at radius 2 is 2.15 bits per heavy atom. The van der Waals surface area contributed by atoms with Crippen molar-refractivity contribution in [2.45, 2.75) is 6.54 Å². The zero-order chi connectivity index (χ0) is 14.7. The molecule has 1 aromatic carbocycles. The fraction of sp³-hybridized carbons (Fsp3) is 0.0833. The van der Waals surface area contributed by atoms with Crippen LogP contribution in [0.3, 0.4) is 0 Å². The number of carbonyl (C=O) groups is 1. The van der Waals surface area contributed by atoms with Gasteiger partial charge in [0.15, 0.2) is 5.78 Å². The molecule has 0 unspecified atom stereocenters. The van der Waals surface area contributed by atoms with E-state index >= 15 is 0 Å². The van der Waals surface area contributed by atoms with Crippen molar-refractivity contribution >= 4 is 27.4 Å². The lowest BCUT2D eigenvalue weighted by molar-refractivity contribution is -0.385. The number of benzene rings is 1. The van der Waals surface area contributed by atoms with Gasteiger partial charge in [-0.2, -0.15) is 0 Å². The van der Waals surface area contributed by atoms with Gasteiger partial charge in [0.1, 0.15) is 0 Å². The molecule has 0 saturated carbocycles. The molecule has 0 spiro atoms. The van der Waals surface area contributed by atoms with Crippen LogP contribution < -0.4 is 5.69 Å². The first kappa shape index (κ1) is 14.1. The number of aromatic nitrogens is 2. The van der Waals surface area contributed by atoms with E-state index in [4.69, 9.17) is 0 Å². The van der Waals surface area contributed by atoms with E-state index in [1.807, 2.05) is 0 Å². The Labute approximate surface area is 121 Å². The summed E-state index contributed by atoms with van der Waals surface area (Å²) in [5, 5.41) is 10.7. The Hall–Kier alpha value is -2.35. The molecule has 0 N–H and O–H groups in total. The maximum absolute atomic E-state index is 12.1. The molecule has 0 fully saturated rings. The summed E-state index contributed by atoms with van der Waals surface area (Å²) in [5.41, 5.74) is -0.589. The number of non-ortho nitro benzene ring substituents is 1. The third-order valence-corrected chi connectivity index (χ3v) is 2.97. The molecule has 0 bridgehead atoms. The number of hydrogen-bond donors (Lipinski definition) is 0. The molecule has 1 aromatic heterocycles. The van der Waals surface area contributed by atoms with Crippen molar-refractivity contribution in [1.82, 2.24) is 9.55 Å². The highest BCUT2D eigenvalue weighted by molar-refractivity contribution is 9.10. The monoisotopic (exact) mass is 337 g/mol. The maximum atomic E-state index is 12.1. The zero-order valence-corrected chi connectivity index (χ0v) is 11.6. The van der Waals surface area contributed by atoms with E-state index in [0.717, 1.165) is 4.57 Å². The molecule has 102 valence electrons. The summed E-state index contributed by atoms with van der Waals surface area (Å²) in [4.78, 5) is 37.2. The van der Waals surface area contributed by atoms with E-state index in [9.17, 15) is 19.7 Å². The van der Waals surface area contributed by atoms with Crippen LogP contribution in [0.4, 0.5) is 5.69 Å². The lowest BCUT2D eigenvalue weighted by Crippen LogP contribution is -2.25. The van der Waals surface area contributed by atoms with Crippen molar-refractivity contribution < 1.29 is 9.72 Å². The number of ketones is 1. The Kier molecular flexibility index (Phi) is 4.04. The minimum absolute atomic E-state index is 0.154. The molecule has 0 atom stereocenters. The third-order valence-electron chi connectivity index (χ3n) is 2.51. The first-order valence-electron chi connectivity index (χ1n) is 5.47. The van der Waals surface area contributed by atoms with Crippen LogP contribution >= 0.6 is 15.9 Å². The largest absolute Gasteiger partial charge is 0.347 e. The molecule has 0 amide bonds. The molecule has 0 saturated heterocycles. The van der Waals surface area contributed by atoms with E-state index in [0.29, 0.717) is 4.47 Å². The van der Waals surface area contributed by atoms with Crippen LogP contribution in [0, 0.1) is 10.1 Å². The zero-order valence-electron chi connectivity index (χ0n) is 10.0. The number of carbonyl (C=O) groups excluding carboxylic acids is 1. The van der Waals surface area contributed by atoms with Gasteiger partial charge < -0.3 is 0 Å². The van der Waals surface area contributed by atoms with Crippen LogP contribution in [0.2, 0.25) is 0 Å². The van der Waals surface area contributed by atoms with Crippen molar-refractivity contribution in [3.63, 3.8) is 0 Å². The first-order valence-corrected chi connectivity index (χ1v) is 6.26. The quantitative estimate of drug-likeness (QED) is 0.481. The maximum Gasteiger partial charge on any atom is 0.347 e. The van der Waals surface area contributed by atoms with E-state index in [2.05, 4.69) is 20.9 Å². The Morgan fingerprint density at radius 1 is 1.40 bits per heavy atom. The van der Waals surface area contributed by atoms with Crippen LogP contribution in [0.5, 0.6) is 0 Å². The lowest BCUT2D eigenvalue weighted by atomic mass is 10.1. The molecule has 0 aliphatic heterocycles. The summed E-state index contributed by atoms with van der Waals surface area (Å²) >= 11 is 3.11. The highest BCUT2D eigenvalue weighted by Gasteiger charge is 2.14. The lowest BCUT2D eigenvalue weighted by Gasteiger charge is -2.04. The Bertz CT molecular complexity index is 741. The van der Waals surface area contributed by atoms with Gasteiger partial charge in [-0.15, -0.1) is 0 Å². The van der Waals surface area contributed by atoms with Crippen molar-refractivity contribution in [1.29, 1.82) is 0 Å². The predicted molar refractivity (Wildman–Crippen MR) is 73.6 cm³/mol. The number of Topliss-reactive ketones (excluding diaryl/α,β-unsaturated/α-hetero) is 1. The molecule has 0 radical (unpaired) electrons.